The maximum atomic E-state index is 3.83. The number of benzene rings is 5. The average Bonchev–Trinajstić information content (AvgIpc) is 2.81. The molecule has 5 aromatic carbocycles. The molecule has 0 atom stereocenters. The fourth-order valence-electron chi connectivity index (χ4n) is 2.99. The van der Waals surface area contributed by atoms with E-state index in [9.17, 15) is 0 Å². The zero-order chi connectivity index (χ0) is 20.3. The zero-order valence-corrected chi connectivity index (χ0v) is 27.0. The van der Waals surface area contributed by atoms with Gasteiger partial charge in [-0.3, -0.25) is 0 Å². The van der Waals surface area contributed by atoms with Gasteiger partial charge in [0.1, 0.15) is 0 Å². The van der Waals surface area contributed by atoms with Crippen LogP contribution in [0, 0.1) is 0 Å². The summed E-state index contributed by atoms with van der Waals surface area (Å²) in [6.45, 7) is 5.83. The number of rotatable bonds is 1. The van der Waals surface area contributed by atoms with Gasteiger partial charge in [0.25, 0.3) is 0 Å². The first-order chi connectivity index (χ1) is 14.2. The minimum atomic E-state index is 0. The summed E-state index contributed by atoms with van der Waals surface area (Å²) in [5, 5.41) is 5.24. The van der Waals surface area contributed by atoms with Gasteiger partial charge in [0.2, 0.25) is 0 Å². The van der Waals surface area contributed by atoms with Gasteiger partial charge in [-0.05, 0) is 34.0 Å². The maximum absolute atomic E-state index is 3.83. The topological polar surface area (TPSA) is 0 Å². The Hall–Kier alpha value is -0.00364. The summed E-state index contributed by atoms with van der Waals surface area (Å²) in [4.78, 5) is 0. The predicted octanol–water partition coefficient (Wildman–Crippen LogP) is 7.26. The fourth-order valence-corrected chi connectivity index (χ4v) is 2.99. The second-order valence-electron chi connectivity index (χ2n) is 6.84. The van der Waals surface area contributed by atoms with Gasteiger partial charge in [0.05, 0.1) is 0 Å². The molecular weight excluding hydrogens is 433 g/mol. The third kappa shape index (κ3) is 10.9. The Kier molecular flexibility index (Phi) is 18.3. The smallest absolute Gasteiger partial charge is 0 e. The predicted molar refractivity (Wildman–Crippen MR) is 146 cm³/mol. The van der Waals surface area contributed by atoms with E-state index in [-0.39, 0.29) is 110 Å². The summed E-state index contributed by atoms with van der Waals surface area (Å²) < 4.78 is 0. The van der Waals surface area contributed by atoms with Gasteiger partial charge in [-0.2, -0.15) is 0 Å². The first kappa shape index (κ1) is 32.0. The molecule has 0 nitrogen and oxygen atoms in total. The van der Waals surface area contributed by atoms with Gasteiger partial charge in [0.15, 0.2) is 0 Å². The Morgan fingerprint density at radius 2 is 0.656 bits per heavy atom. The zero-order valence-electron chi connectivity index (χ0n) is 19.8. The first-order valence-electron chi connectivity index (χ1n) is 9.82. The first-order valence-corrected chi connectivity index (χ1v) is 9.82. The number of hydrogen-bond acceptors (Lipinski definition) is 0. The molecule has 3 radical (unpaired) electrons. The second-order valence-corrected chi connectivity index (χ2v) is 6.84. The molecule has 0 heterocycles. The van der Waals surface area contributed by atoms with Crippen molar-refractivity contribution in [3.05, 3.63) is 140 Å². The maximum Gasteiger partial charge on any atom is 0 e. The van der Waals surface area contributed by atoms with Crippen LogP contribution in [0.3, 0.4) is 0 Å². The molecule has 0 N–H and O–H groups in total. The molecule has 0 bridgehead atoms. The van der Waals surface area contributed by atoms with Crippen molar-refractivity contribution in [2.45, 2.75) is 6.92 Å². The summed E-state index contributed by atoms with van der Waals surface area (Å²) >= 11 is 0. The van der Waals surface area contributed by atoms with E-state index >= 15 is 0 Å². The van der Waals surface area contributed by atoms with E-state index < -0.39 is 0 Å². The molecule has 145 valence electrons. The molecule has 0 saturated heterocycles. The minimum absolute atomic E-state index is 0. The molecule has 0 aliphatic heterocycles. The van der Waals surface area contributed by atoms with Gasteiger partial charge in [-0.15, -0.1) is 0 Å². The van der Waals surface area contributed by atoms with E-state index in [0.29, 0.717) is 0 Å². The molecule has 5 aromatic rings. The molecule has 0 fully saturated rings. The summed E-state index contributed by atoms with van der Waals surface area (Å²) in [5.41, 5.74) is 2.34. The molecule has 0 saturated carbocycles. The Balaban J connectivity index is 0.000000431. The van der Waals surface area contributed by atoms with E-state index in [1.165, 1.54) is 27.1 Å². The fraction of sp³-hybridized carbons (Fsp3) is 0.0345. The summed E-state index contributed by atoms with van der Waals surface area (Å²) in [7, 11) is 0. The third-order valence-electron chi connectivity index (χ3n) is 4.58. The van der Waals surface area contributed by atoms with Crippen molar-refractivity contribution in [3.63, 3.8) is 0 Å². The second kappa shape index (κ2) is 18.3. The minimum Gasteiger partial charge on any atom is -0.0955 e. The normalized spacial score (nSPS) is 8.78. The van der Waals surface area contributed by atoms with Crippen LogP contribution in [0.25, 0.3) is 27.1 Å². The van der Waals surface area contributed by atoms with Gasteiger partial charge in [-0.25, -0.2) is 0 Å². The monoisotopic (exact) mass is 459 g/mol. The van der Waals surface area contributed by atoms with E-state index in [0.717, 1.165) is 5.57 Å². The van der Waals surface area contributed by atoms with Crippen molar-refractivity contribution in [2.24, 2.45) is 0 Å². The van der Waals surface area contributed by atoms with Gasteiger partial charge in [0, 0.05) is 110 Å². The summed E-state index contributed by atoms with van der Waals surface area (Å²) in [6, 6.07) is 43.6. The molecule has 0 aliphatic rings. The Bertz CT molecular complexity index is 985. The van der Waals surface area contributed by atoms with Crippen molar-refractivity contribution in [2.75, 3.05) is 0 Å². The van der Waals surface area contributed by atoms with E-state index in [1.807, 2.05) is 25.1 Å². The van der Waals surface area contributed by atoms with Crippen LogP contribution in [0.1, 0.15) is 12.5 Å². The van der Waals surface area contributed by atoms with Crippen LogP contribution >= 0.6 is 0 Å². The van der Waals surface area contributed by atoms with Crippen LogP contribution in [-0.4, -0.2) is 110 Å². The van der Waals surface area contributed by atoms with E-state index in [1.54, 1.807) is 0 Å². The number of allylic oxidation sites excluding steroid dienone is 1. The van der Waals surface area contributed by atoms with Crippen molar-refractivity contribution < 1.29 is 0 Å². The largest absolute Gasteiger partial charge is 0.0955 e. The third-order valence-corrected chi connectivity index (χ3v) is 4.58. The van der Waals surface area contributed by atoms with Crippen LogP contribution in [0.5, 0.6) is 0 Å². The van der Waals surface area contributed by atoms with Gasteiger partial charge < -0.3 is 0 Å². The molecule has 5 rings (SSSR count). The molecule has 0 unspecified atom stereocenters. The quantitative estimate of drug-likeness (QED) is 0.232. The van der Waals surface area contributed by atoms with E-state index in [4.69, 9.17) is 0 Å². The molecule has 0 spiro atoms. The van der Waals surface area contributed by atoms with Gasteiger partial charge in [-0.1, -0.05) is 140 Å². The Morgan fingerprint density at radius 1 is 0.438 bits per heavy atom. The molecule has 3 heteroatoms. The Morgan fingerprint density at radius 3 is 0.844 bits per heavy atom. The van der Waals surface area contributed by atoms with Crippen LogP contribution in [0.15, 0.2) is 134 Å². The van der Waals surface area contributed by atoms with Crippen LogP contribution in [0.2, 0.25) is 0 Å². The SMILES string of the molecule is C=C(C)c1ccccc1.[K].[Na].[Na].c1ccc2ccccc2c1.c1ccc2ccccc2c1. The van der Waals surface area contributed by atoms with Crippen molar-refractivity contribution in [1.82, 2.24) is 0 Å². The van der Waals surface area contributed by atoms with Crippen molar-refractivity contribution >= 4 is 138 Å². The molecule has 32 heavy (non-hydrogen) atoms. The Labute approximate surface area is 279 Å². The number of fused-ring (bicyclic) bond motifs is 2. The van der Waals surface area contributed by atoms with Crippen molar-refractivity contribution in [1.29, 1.82) is 0 Å². The molecular formula is C29H26KNa2. The molecule has 0 aromatic heterocycles. The van der Waals surface area contributed by atoms with Crippen LogP contribution in [0.4, 0.5) is 0 Å². The van der Waals surface area contributed by atoms with Crippen LogP contribution < -0.4 is 0 Å². The molecule has 0 aliphatic carbocycles. The van der Waals surface area contributed by atoms with Crippen LogP contribution in [-0.2, 0) is 0 Å². The van der Waals surface area contributed by atoms with E-state index in [2.05, 4.69) is 116 Å². The average molecular weight is 460 g/mol. The standard InChI is InChI=1S/2C10H8.C9H10.K.2Na/c2*1-2-6-10-8-4-3-7-9(10)5-1;1-8(2)9-6-4-3-5-7-9;;;/h2*1-8H;3-7H,1H2,2H3;;;. The van der Waals surface area contributed by atoms with Crippen molar-refractivity contribution in [3.8, 4) is 0 Å². The summed E-state index contributed by atoms with van der Waals surface area (Å²) in [5.74, 6) is 0. The molecule has 0 amide bonds. The van der Waals surface area contributed by atoms with Gasteiger partial charge >= 0.3 is 0 Å². The number of hydrogen-bond donors (Lipinski definition) is 0. The summed E-state index contributed by atoms with van der Waals surface area (Å²) in [6.07, 6.45) is 0.